The van der Waals surface area contributed by atoms with E-state index in [0.29, 0.717) is 0 Å². The van der Waals surface area contributed by atoms with Crippen LogP contribution in [0.4, 0.5) is 0 Å². The second-order valence-corrected chi connectivity index (χ2v) is 5.00. The lowest BCUT2D eigenvalue weighted by atomic mass is 10.0. The van der Waals surface area contributed by atoms with E-state index in [-0.39, 0.29) is 42.8 Å². The van der Waals surface area contributed by atoms with E-state index < -0.39 is 6.04 Å². The van der Waals surface area contributed by atoms with Gasteiger partial charge in [-0.2, -0.15) is 0 Å². The van der Waals surface area contributed by atoms with Crippen molar-refractivity contribution in [2.75, 3.05) is 13.2 Å². The summed E-state index contributed by atoms with van der Waals surface area (Å²) in [6, 6.07) is -0.746. The molecule has 0 rings (SSSR count). The first kappa shape index (κ1) is 16.9. The molecular weight excluding hydrogens is 234 g/mol. The van der Waals surface area contributed by atoms with Crippen LogP contribution in [0.1, 0.15) is 27.7 Å². The summed E-state index contributed by atoms with van der Waals surface area (Å²) in [4.78, 5) is 23.0. The third-order valence-electron chi connectivity index (χ3n) is 2.97. The Labute approximate surface area is 108 Å². The quantitative estimate of drug-likeness (QED) is 0.481. The summed E-state index contributed by atoms with van der Waals surface area (Å²) < 4.78 is 0. The van der Waals surface area contributed by atoms with Crippen LogP contribution in [0, 0.1) is 11.8 Å². The van der Waals surface area contributed by atoms with Crippen LogP contribution in [0.2, 0.25) is 0 Å². The van der Waals surface area contributed by atoms with E-state index in [9.17, 15) is 9.59 Å². The number of rotatable bonds is 7. The number of hydrogen-bond donors (Lipinski definition) is 4. The van der Waals surface area contributed by atoms with E-state index in [1.165, 1.54) is 0 Å². The van der Waals surface area contributed by atoms with Crippen molar-refractivity contribution < 1.29 is 14.7 Å². The third-order valence-corrected chi connectivity index (χ3v) is 2.97. The van der Waals surface area contributed by atoms with E-state index >= 15 is 0 Å². The summed E-state index contributed by atoms with van der Waals surface area (Å²) in [6.07, 6.45) is 0. The monoisotopic (exact) mass is 259 g/mol. The molecule has 0 spiro atoms. The summed E-state index contributed by atoms with van der Waals surface area (Å²) in [5, 5.41) is 14.1. The predicted molar refractivity (Wildman–Crippen MR) is 69.7 cm³/mol. The second-order valence-electron chi connectivity index (χ2n) is 5.00. The topological polar surface area (TPSA) is 104 Å². The maximum absolute atomic E-state index is 11.5. The average Bonchev–Trinajstić information content (AvgIpc) is 2.33. The van der Waals surface area contributed by atoms with Gasteiger partial charge >= 0.3 is 0 Å². The highest BCUT2D eigenvalue weighted by Gasteiger charge is 2.18. The molecule has 2 unspecified atom stereocenters. The first-order valence-electron chi connectivity index (χ1n) is 6.23. The summed E-state index contributed by atoms with van der Waals surface area (Å²) in [7, 11) is 0. The number of carbonyl (C=O) groups excluding carboxylic acids is 2. The minimum atomic E-state index is -0.605. The Morgan fingerprint density at radius 3 is 2.22 bits per heavy atom. The van der Waals surface area contributed by atoms with Gasteiger partial charge in [0.15, 0.2) is 0 Å². The Bertz CT molecular complexity index is 282. The van der Waals surface area contributed by atoms with Gasteiger partial charge in [-0.3, -0.25) is 9.59 Å². The Kier molecular flexibility index (Phi) is 7.54. The zero-order valence-corrected chi connectivity index (χ0v) is 11.6. The van der Waals surface area contributed by atoms with Crippen LogP contribution >= 0.6 is 0 Å². The van der Waals surface area contributed by atoms with Crippen LogP contribution in [0.5, 0.6) is 0 Å². The first-order valence-corrected chi connectivity index (χ1v) is 6.23. The molecule has 0 radical (unpaired) electrons. The van der Waals surface area contributed by atoms with Gasteiger partial charge in [0.05, 0.1) is 12.6 Å². The molecule has 18 heavy (non-hydrogen) atoms. The average molecular weight is 259 g/mol. The zero-order valence-electron chi connectivity index (χ0n) is 11.6. The van der Waals surface area contributed by atoms with Crippen LogP contribution in [-0.2, 0) is 9.59 Å². The molecule has 5 N–H and O–H groups in total. The molecule has 0 aromatic rings. The van der Waals surface area contributed by atoms with Crippen LogP contribution in [0.15, 0.2) is 0 Å². The lowest BCUT2D eigenvalue weighted by Gasteiger charge is -2.20. The minimum absolute atomic E-state index is 0.00598. The van der Waals surface area contributed by atoms with Crippen LogP contribution < -0.4 is 16.4 Å². The fourth-order valence-electron chi connectivity index (χ4n) is 1.19. The van der Waals surface area contributed by atoms with Gasteiger partial charge in [0.25, 0.3) is 0 Å². The summed E-state index contributed by atoms with van der Waals surface area (Å²) >= 11 is 0. The van der Waals surface area contributed by atoms with E-state index in [1.807, 2.05) is 20.8 Å². The van der Waals surface area contributed by atoms with Crippen LogP contribution in [0.3, 0.4) is 0 Å². The van der Waals surface area contributed by atoms with E-state index in [0.717, 1.165) is 0 Å². The fourth-order valence-corrected chi connectivity index (χ4v) is 1.19. The lowest BCUT2D eigenvalue weighted by Crippen LogP contribution is -2.49. The second kappa shape index (κ2) is 8.05. The highest BCUT2D eigenvalue weighted by atomic mass is 16.3. The summed E-state index contributed by atoms with van der Waals surface area (Å²) in [6.45, 7) is 7.23. The lowest BCUT2D eigenvalue weighted by molar-refractivity contribution is -0.127. The normalized spacial score (nSPS) is 15.9. The molecule has 0 bridgehead atoms. The van der Waals surface area contributed by atoms with Crippen molar-refractivity contribution in [3.05, 3.63) is 0 Å². The van der Waals surface area contributed by atoms with Gasteiger partial charge in [0.1, 0.15) is 0 Å². The molecule has 0 saturated carbocycles. The maximum atomic E-state index is 11.5. The number of nitrogens with two attached hydrogens (primary N) is 1. The smallest absolute Gasteiger partial charge is 0.239 e. The van der Waals surface area contributed by atoms with E-state index in [2.05, 4.69) is 10.6 Å². The van der Waals surface area contributed by atoms with Gasteiger partial charge < -0.3 is 21.5 Å². The Hall–Kier alpha value is -1.14. The molecule has 3 atom stereocenters. The molecule has 0 aliphatic heterocycles. The molecular formula is C12H25N3O3. The fraction of sp³-hybridized carbons (Fsp3) is 0.833. The van der Waals surface area contributed by atoms with Crippen molar-refractivity contribution in [3.8, 4) is 0 Å². The highest BCUT2D eigenvalue weighted by Crippen LogP contribution is 2.00. The first-order chi connectivity index (χ1) is 8.29. The molecule has 0 aromatic heterocycles. The number of aliphatic hydroxyl groups is 1. The molecule has 0 fully saturated rings. The molecule has 6 heteroatoms. The molecule has 0 aromatic carbocycles. The van der Waals surface area contributed by atoms with Crippen molar-refractivity contribution in [2.24, 2.45) is 17.6 Å². The zero-order chi connectivity index (χ0) is 14.3. The number of hydrogen-bond acceptors (Lipinski definition) is 4. The molecule has 0 aliphatic carbocycles. The number of aliphatic hydroxyl groups excluding tert-OH is 1. The Morgan fingerprint density at radius 2 is 1.78 bits per heavy atom. The van der Waals surface area contributed by atoms with Crippen molar-refractivity contribution in [1.29, 1.82) is 0 Å². The standard InChI is InChI=1S/C12H25N3O3/c1-7(2)11(13)12(18)14-5-10(17)15-9(4)8(3)6-16/h7-9,11,16H,5-6,13H2,1-4H3,(H,14,18)(H,15,17)/t8?,9?,11-/m0/s1. The largest absolute Gasteiger partial charge is 0.396 e. The van der Waals surface area contributed by atoms with Crippen molar-refractivity contribution in [1.82, 2.24) is 10.6 Å². The van der Waals surface area contributed by atoms with Crippen molar-refractivity contribution >= 4 is 11.8 Å². The highest BCUT2D eigenvalue weighted by molar-refractivity contribution is 5.87. The van der Waals surface area contributed by atoms with Gasteiger partial charge in [-0.15, -0.1) is 0 Å². The molecule has 0 saturated heterocycles. The number of carbonyl (C=O) groups is 2. The Morgan fingerprint density at radius 1 is 1.22 bits per heavy atom. The molecule has 0 aliphatic rings. The minimum Gasteiger partial charge on any atom is -0.396 e. The molecule has 0 heterocycles. The molecule has 6 nitrogen and oxygen atoms in total. The summed E-state index contributed by atoms with van der Waals surface area (Å²) in [5.41, 5.74) is 5.64. The summed E-state index contributed by atoms with van der Waals surface area (Å²) in [5.74, 6) is -0.612. The van der Waals surface area contributed by atoms with Gasteiger partial charge in [-0.05, 0) is 18.8 Å². The number of nitrogens with one attached hydrogen (secondary N) is 2. The van der Waals surface area contributed by atoms with E-state index in [1.54, 1.807) is 6.92 Å². The predicted octanol–water partition coefficient (Wildman–Crippen LogP) is -0.781. The van der Waals surface area contributed by atoms with Gasteiger partial charge in [0.2, 0.25) is 11.8 Å². The van der Waals surface area contributed by atoms with Crippen LogP contribution in [-0.4, -0.2) is 42.2 Å². The third kappa shape index (κ3) is 5.97. The van der Waals surface area contributed by atoms with Gasteiger partial charge in [0, 0.05) is 12.6 Å². The molecule has 2 amide bonds. The van der Waals surface area contributed by atoms with Gasteiger partial charge in [-0.1, -0.05) is 20.8 Å². The number of amides is 2. The van der Waals surface area contributed by atoms with Crippen LogP contribution in [0.25, 0.3) is 0 Å². The van der Waals surface area contributed by atoms with Gasteiger partial charge in [-0.25, -0.2) is 0 Å². The van der Waals surface area contributed by atoms with Crippen molar-refractivity contribution in [2.45, 2.75) is 39.8 Å². The Balaban J connectivity index is 4.01. The molecule has 106 valence electrons. The SMILES string of the molecule is CC(CO)C(C)NC(=O)CNC(=O)[C@@H](N)C(C)C. The van der Waals surface area contributed by atoms with Crippen molar-refractivity contribution in [3.63, 3.8) is 0 Å². The maximum Gasteiger partial charge on any atom is 0.239 e. The van der Waals surface area contributed by atoms with E-state index in [4.69, 9.17) is 10.8 Å².